The highest BCUT2D eigenvalue weighted by atomic mass is 15.2. The Morgan fingerprint density at radius 3 is 2.86 bits per heavy atom. The molecule has 0 amide bonds. The number of fused-ring (bicyclic) bond motifs is 2. The van der Waals surface area contributed by atoms with Crippen molar-refractivity contribution in [3.8, 4) is 0 Å². The average molecular weight is 372 g/mol. The Hall–Kier alpha value is -3.28. The first-order chi connectivity index (χ1) is 13.6. The summed E-state index contributed by atoms with van der Waals surface area (Å²) in [5.74, 6) is 0.977. The molecule has 0 saturated carbocycles. The van der Waals surface area contributed by atoms with Crippen molar-refractivity contribution in [2.75, 3.05) is 18.5 Å². The minimum absolute atomic E-state index is 0.734. The first-order valence-corrected chi connectivity index (χ1v) is 9.40. The van der Waals surface area contributed by atoms with E-state index in [1.165, 1.54) is 11.1 Å². The van der Waals surface area contributed by atoms with Crippen LogP contribution in [0.5, 0.6) is 0 Å². The van der Waals surface area contributed by atoms with E-state index < -0.39 is 0 Å². The van der Waals surface area contributed by atoms with Crippen molar-refractivity contribution >= 4 is 28.5 Å². The van der Waals surface area contributed by atoms with Gasteiger partial charge >= 0.3 is 0 Å². The molecule has 0 spiro atoms. The van der Waals surface area contributed by atoms with Gasteiger partial charge in [0.1, 0.15) is 12.1 Å². The number of aromatic nitrogens is 3. The van der Waals surface area contributed by atoms with Crippen LogP contribution in [0.15, 0.2) is 47.5 Å². The van der Waals surface area contributed by atoms with E-state index in [4.69, 9.17) is 10.7 Å². The SMILES string of the molecule is CN=C/C(=C(/C)N)c1cnc2c(c1)CN(c1ncnc3ccc(C)cc13)CC2. The molecule has 0 unspecified atom stereocenters. The summed E-state index contributed by atoms with van der Waals surface area (Å²) < 4.78 is 0. The summed E-state index contributed by atoms with van der Waals surface area (Å²) in [7, 11) is 1.75. The zero-order valence-electron chi connectivity index (χ0n) is 16.5. The summed E-state index contributed by atoms with van der Waals surface area (Å²) in [5, 5.41) is 1.09. The summed E-state index contributed by atoms with van der Waals surface area (Å²) in [6, 6.07) is 8.47. The molecule has 2 N–H and O–H groups in total. The van der Waals surface area contributed by atoms with Crippen LogP contribution in [-0.2, 0) is 13.0 Å². The zero-order chi connectivity index (χ0) is 19.7. The topological polar surface area (TPSA) is 80.3 Å². The van der Waals surface area contributed by atoms with Crippen LogP contribution in [-0.4, -0.2) is 34.8 Å². The number of pyridine rings is 1. The van der Waals surface area contributed by atoms with Gasteiger partial charge in [-0.1, -0.05) is 11.6 Å². The lowest BCUT2D eigenvalue weighted by atomic mass is 9.99. The lowest BCUT2D eigenvalue weighted by Gasteiger charge is -2.30. The molecule has 142 valence electrons. The fraction of sp³-hybridized carbons (Fsp3) is 0.273. The van der Waals surface area contributed by atoms with Crippen LogP contribution in [0.2, 0.25) is 0 Å². The first kappa shape index (κ1) is 18.1. The first-order valence-electron chi connectivity index (χ1n) is 9.40. The molecule has 28 heavy (non-hydrogen) atoms. The molecule has 1 aromatic carbocycles. The predicted octanol–water partition coefficient (Wildman–Crippen LogP) is 3.29. The Morgan fingerprint density at radius 2 is 2.07 bits per heavy atom. The molecule has 0 atom stereocenters. The largest absolute Gasteiger partial charge is 0.402 e. The summed E-state index contributed by atoms with van der Waals surface area (Å²) in [4.78, 5) is 20.2. The van der Waals surface area contributed by atoms with Gasteiger partial charge in [0, 0.05) is 66.9 Å². The molecule has 4 rings (SSSR count). The van der Waals surface area contributed by atoms with Crippen molar-refractivity contribution in [1.82, 2.24) is 15.0 Å². The molecule has 0 radical (unpaired) electrons. The van der Waals surface area contributed by atoms with Crippen LogP contribution < -0.4 is 10.6 Å². The van der Waals surface area contributed by atoms with E-state index in [0.717, 1.165) is 58.8 Å². The highest BCUT2D eigenvalue weighted by Gasteiger charge is 2.21. The second kappa shape index (κ2) is 7.38. The number of anilines is 1. The maximum atomic E-state index is 6.06. The van der Waals surface area contributed by atoms with Crippen LogP contribution >= 0.6 is 0 Å². The number of benzene rings is 1. The highest BCUT2D eigenvalue weighted by Crippen LogP contribution is 2.29. The number of nitrogens with zero attached hydrogens (tertiary/aromatic N) is 5. The Labute approximate surface area is 164 Å². The Balaban J connectivity index is 1.73. The Morgan fingerprint density at radius 1 is 1.21 bits per heavy atom. The molecule has 6 heteroatoms. The third-order valence-corrected chi connectivity index (χ3v) is 5.10. The highest BCUT2D eigenvalue weighted by molar-refractivity contribution is 6.10. The summed E-state index contributed by atoms with van der Waals surface area (Å²) in [6.07, 6.45) is 6.22. The number of hydrogen-bond donors (Lipinski definition) is 1. The molecule has 0 fully saturated rings. The third kappa shape index (κ3) is 3.33. The van der Waals surface area contributed by atoms with Crippen LogP contribution in [0, 0.1) is 6.92 Å². The van der Waals surface area contributed by atoms with Crippen molar-refractivity contribution in [2.45, 2.75) is 26.8 Å². The Kier molecular flexibility index (Phi) is 4.77. The summed E-state index contributed by atoms with van der Waals surface area (Å²) in [6.45, 7) is 5.62. The molecule has 3 heterocycles. The summed E-state index contributed by atoms with van der Waals surface area (Å²) >= 11 is 0. The molecular weight excluding hydrogens is 348 g/mol. The minimum atomic E-state index is 0.734. The maximum Gasteiger partial charge on any atom is 0.140 e. The molecule has 2 aromatic heterocycles. The van der Waals surface area contributed by atoms with Gasteiger partial charge in [-0.25, -0.2) is 9.97 Å². The lowest BCUT2D eigenvalue weighted by Crippen LogP contribution is -2.32. The van der Waals surface area contributed by atoms with Gasteiger partial charge in [-0.15, -0.1) is 0 Å². The molecular formula is C22H24N6. The van der Waals surface area contributed by atoms with Gasteiger partial charge < -0.3 is 10.6 Å². The van der Waals surface area contributed by atoms with E-state index in [2.05, 4.69) is 51.0 Å². The maximum absolute atomic E-state index is 6.06. The molecule has 0 saturated heterocycles. The fourth-order valence-electron chi connectivity index (χ4n) is 3.70. The number of allylic oxidation sites excluding steroid dienone is 2. The number of rotatable bonds is 3. The molecule has 0 bridgehead atoms. The minimum Gasteiger partial charge on any atom is -0.402 e. The van der Waals surface area contributed by atoms with Gasteiger partial charge in [-0.2, -0.15) is 0 Å². The number of hydrogen-bond acceptors (Lipinski definition) is 6. The van der Waals surface area contributed by atoms with E-state index in [0.29, 0.717) is 0 Å². The summed E-state index contributed by atoms with van der Waals surface area (Å²) in [5.41, 5.74) is 13.2. The van der Waals surface area contributed by atoms with Gasteiger partial charge in [0.25, 0.3) is 0 Å². The van der Waals surface area contributed by atoms with Crippen LogP contribution in [0.4, 0.5) is 5.82 Å². The number of nitrogens with two attached hydrogens (primary N) is 1. The van der Waals surface area contributed by atoms with Gasteiger partial charge in [0.15, 0.2) is 0 Å². The van der Waals surface area contributed by atoms with Crippen molar-refractivity contribution < 1.29 is 0 Å². The second-order valence-electron chi connectivity index (χ2n) is 7.20. The van der Waals surface area contributed by atoms with Crippen LogP contribution in [0.1, 0.15) is 29.3 Å². The lowest BCUT2D eigenvalue weighted by molar-refractivity contribution is 0.704. The normalized spacial score (nSPS) is 15.0. The molecule has 1 aliphatic heterocycles. The van der Waals surface area contributed by atoms with Crippen molar-refractivity contribution in [2.24, 2.45) is 10.7 Å². The van der Waals surface area contributed by atoms with Crippen molar-refractivity contribution in [3.63, 3.8) is 0 Å². The van der Waals surface area contributed by atoms with E-state index in [-0.39, 0.29) is 0 Å². The van der Waals surface area contributed by atoms with E-state index in [1.54, 1.807) is 19.6 Å². The Bertz CT molecular complexity index is 1100. The van der Waals surface area contributed by atoms with Gasteiger partial charge in [-0.3, -0.25) is 9.98 Å². The smallest absolute Gasteiger partial charge is 0.140 e. The van der Waals surface area contributed by atoms with Gasteiger partial charge in [-0.05, 0) is 37.6 Å². The third-order valence-electron chi connectivity index (χ3n) is 5.10. The van der Waals surface area contributed by atoms with Crippen LogP contribution in [0.25, 0.3) is 16.5 Å². The standard InChI is InChI=1S/C22H24N6/c1-14-4-5-21-18(8-14)22(27-13-26-21)28-7-6-20-17(12-28)9-16(10-25-20)19(11-24-3)15(2)23/h4-5,8-11,13H,6-7,12,23H2,1-3H3/b19-15+,24-11?. The zero-order valence-corrected chi connectivity index (χ0v) is 16.5. The van der Waals surface area contributed by atoms with Crippen molar-refractivity contribution in [3.05, 3.63) is 64.9 Å². The number of aryl methyl sites for hydroxylation is 1. The second-order valence-corrected chi connectivity index (χ2v) is 7.20. The molecule has 0 aliphatic carbocycles. The van der Waals surface area contributed by atoms with E-state index in [9.17, 15) is 0 Å². The predicted molar refractivity (Wildman–Crippen MR) is 114 cm³/mol. The van der Waals surface area contributed by atoms with Crippen molar-refractivity contribution in [1.29, 1.82) is 0 Å². The fourth-order valence-corrected chi connectivity index (χ4v) is 3.70. The quantitative estimate of drug-likeness (QED) is 0.714. The molecule has 3 aromatic rings. The molecule has 6 nitrogen and oxygen atoms in total. The van der Waals surface area contributed by atoms with Crippen LogP contribution in [0.3, 0.4) is 0 Å². The average Bonchev–Trinajstić information content (AvgIpc) is 2.70. The van der Waals surface area contributed by atoms with Gasteiger partial charge in [0.05, 0.1) is 5.52 Å². The van der Waals surface area contributed by atoms with Gasteiger partial charge in [0.2, 0.25) is 0 Å². The van der Waals surface area contributed by atoms with E-state index in [1.807, 2.05) is 13.1 Å². The number of aliphatic imine (C=N–C) groups is 1. The van der Waals surface area contributed by atoms with E-state index >= 15 is 0 Å². The monoisotopic (exact) mass is 372 g/mol. The molecule has 1 aliphatic rings.